The molecule has 7 nitrogen and oxygen atoms in total. The van der Waals surface area contributed by atoms with Gasteiger partial charge in [-0.3, -0.25) is 4.79 Å². The zero-order chi connectivity index (χ0) is 16.2. The second kappa shape index (κ2) is 7.02. The fraction of sp³-hybridized carbons (Fsp3) is 0.688. The molecular weight excluding hydrogens is 296 g/mol. The van der Waals surface area contributed by atoms with Gasteiger partial charge < -0.3 is 19.6 Å². The van der Waals surface area contributed by atoms with Crippen molar-refractivity contribution in [1.82, 2.24) is 20.3 Å². The van der Waals surface area contributed by atoms with Gasteiger partial charge in [0.25, 0.3) is 5.91 Å². The van der Waals surface area contributed by atoms with E-state index in [-0.39, 0.29) is 17.7 Å². The van der Waals surface area contributed by atoms with Crippen LogP contribution in [0.2, 0.25) is 0 Å². The number of urea groups is 1. The molecule has 3 rings (SSSR count). The van der Waals surface area contributed by atoms with Crippen LogP contribution in [0.1, 0.15) is 48.4 Å². The summed E-state index contributed by atoms with van der Waals surface area (Å²) in [6, 6.07) is 1.96. The average molecular weight is 320 g/mol. The van der Waals surface area contributed by atoms with Crippen LogP contribution >= 0.6 is 0 Å². The number of rotatable bonds is 2. The molecule has 1 aliphatic carbocycles. The van der Waals surface area contributed by atoms with Gasteiger partial charge in [-0.05, 0) is 19.8 Å². The molecule has 126 valence electrons. The number of hydrogen-bond donors (Lipinski definition) is 1. The Morgan fingerprint density at radius 2 is 1.78 bits per heavy atom. The first-order valence-corrected chi connectivity index (χ1v) is 8.41. The van der Waals surface area contributed by atoms with Crippen LogP contribution < -0.4 is 5.32 Å². The molecule has 1 N–H and O–H groups in total. The van der Waals surface area contributed by atoms with Gasteiger partial charge in [0.2, 0.25) is 5.76 Å². The van der Waals surface area contributed by atoms with Gasteiger partial charge in [-0.2, -0.15) is 0 Å². The van der Waals surface area contributed by atoms with Crippen molar-refractivity contribution in [3.8, 4) is 0 Å². The molecule has 2 fully saturated rings. The molecule has 3 amide bonds. The van der Waals surface area contributed by atoms with Gasteiger partial charge >= 0.3 is 6.03 Å². The highest BCUT2D eigenvalue weighted by atomic mass is 16.5. The molecule has 0 radical (unpaired) electrons. The second-order valence-corrected chi connectivity index (χ2v) is 6.40. The van der Waals surface area contributed by atoms with Crippen LogP contribution in [-0.4, -0.2) is 59.1 Å². The number of carbonyl (C=O) groups excluding carboxylic acids is 2. The number of piperazine rings is 1. The predicted molar refractivity (Wildman–Crippen MR) is 84.1 cm³/mol. The molecule has 0 aromatic carbocycles. The number of aryl methyl sites for hydroxylation is 1. The molecule has 1 saturated heterocycles. The van der Waals surface area contributed by atoms with E-state index in [1.165, 1.54) is 19.3 Å². The molecule has 0 atom stereocenters. The normalized spacial score (nSPS) is 19.7. The van der Waals surface area contributed by atoms with Crippen molar-refractivity contribution in [2.75, 3.05) is 26.2 Å². The summed E-state index contributed by atoms with van der Waals surface area (Å²) >= 11 is 0. The maximum atomic E-state index is 12.3. The summed E-state index contributed by atoms with van der Waals surface area (Å²) < 4.78 is 5.02. The number of hydrogen-bond acceptors (Lipinski definition) is 4. The first-order chi connectivity index (χ1) is 11.1. The maximum Gasteiger partial charge on any atom is 0.317 e. The van der Waals surface area contributed by atoms with Gasteiger partial charge in [0.05, 0.1) is 5.69 Å². The lowest BCUT2D eigenvalue weighted by atomic mass is 9.96. The summed E-state index contributed by atoms with van der Waals surface area (Å²) in [6.07, 6.45) is 5.83. The molecule has 2 aliphatic rings. The van der Waals surface area contributed by atoms with Crippen molar-refractivity contribution in [3.05, 3.63) is 17.5 Å². The highest BCUT2D eigenvalue weighted by Crippen LogP contribution is 2.18. The largest absolute Gasteiger partial charge is 0.351 e. The molecule has 1 saturated carbocycles. The Morgan fingerprint density at radius 3 is 2.39 bits per heavy atom. The van der Waals surface area contributed by atoms with Crippen molar-refractivity contribution in [2.24, 2.45) is 0 Å². The standard InChI is InChI=1S/C16H24N4O3/c1-12-11-14(23-18-12)15(21)19-7-9-20(10-8-19)16(22)17-13-5-3-2-4-6-13/h11,13H,2-10H2,1H3,(H,17,22). The van der Waals surface area contributed by atoms with Crippen molar-refractivity contribution in [2.45, 2.75) is 45.1 Å². The summed E-state index contributed by atoms with van der Waals surface area (Å²) in [5.74, 6) is 0.112. The minimum atomic E-state index is -0.155. The van der Waals surface area contributed by atoms with Crippen molar-refractivity contribution < 1.29 is 14.1 Å². The molecule has 0 bridgehead atoms. The van der Waals surface area contributed by atoms with E-state index in [1.807, 2.05) is 0 Å². The highest BCUT2D eigenvalue weighted by Gasteiger charge is 2.27. The van der Waals surface area contributed by atoms with Crippen LogP contribution in [0.3, 0.4) is 0 Å². The Balaban J connectivity index is 1.47. The molecule has 7 heteroatoms. The molecule has 23 heavy (non-hydrogen) atoms. The van der Waals surface area contributed by atoms with Crippen LogP contribution in [0.25, 0.3) is 0 Å². The first kappa shape index (κ1) is 15.8. The fourth-order valence-corrected chi connectivity index (χ4v) is 3.25. The molecular formula is C16H24N4O3. The Labute approximate surface area is 136 Å². The third kappa shape index (κ3) is 3.83. The molecule has 0 spiro atoms. The lowest BCUT2D eigenvalue weighted by Crippen LogP contribution is -2.54. The highest BCUT2D eigenvalue weighted by molar-refractivity contribution is 5.91. The summed E-state index contributed by atoms with van der Waals surface area (Å²) in [5.41, 5.74) is 0.693. The smallest absolute Gasteiger partial charge is 0.317 e. The van der Waals surface area contributed by atoms with Crippen LogP contribution in [0.4, 0.5) is 4.79 Å². The zero-order valence-electron chi connectivity index (χ0n) is 13.6. The van der Waals surface area contributed by atoms with E-state index in [4.69, 9.17) is 4.52 Å². The Kier molecular flexibility index (Phi) is 4.83. The first-order valence-electron chi connectivity index (χ1n) is 8.41. The van der Waals surface area contributed by atoms with Crippen LogP contribution in [0.15, 0.2) is 10.6 Å². The van der Waals surface area contributed by atoms with Gasteiger partial charge in [-0.15, -0.1) is 0 Å². The Bertz CT molecular complexity index is 557. The van der Waals surface area contributed by atoms with Gasteiger partial charge in [-0.1, -0.05) is 24.4 Å². The lowest BCUT2D eigenvalue weighted by molar-refractivity contribution is 0.0622. The fourth-order valence-electron chi connectivity index (χ4n) is 3.25. The maximum absolute atomic E-state index is 12.3. The summed E-state index contributed by atoms with van der Waals surface area (Å²) in [5, 5.41) is 6.87. The monoisotopic (exact) mass is 320 g/mol. The Hall–Kier alpha value is -2.05. The predicted octanol–water partition coefficient (Wildman–Crippen LogP) is 1.78. The van der Waals surface area contributed by atoms with E-state index in [0.29, 0.717) is 37.9 Å². The van der Waals surface area contributed by atoms with Crippen LogP contribution in [0.5, 0.6) is 0 Å². The van der Waals surface area contributed by atoms with Gasteiger partial charge in [-0.25, -0.2) is 4.79 Å². The minimum Gasteiger partial charge on any atom is -0.351 e. The van der Waals surface area contributed by atoms with Crippen molar-refractivity contribution >= 4 is 11.9 Å². The molecule has 0 unspecified atom stereocenters. The number of nitrogens with one attached hydrogen (secondary N) is 1. The zero-order valence-corrected chi connectivity index (χ0v) is 13.6. The van der Waals surface area contributed by atoms with Crippen molar-refractivity contribution in [1.29, 1.82) is 0 Å². The average Bonchev–Trinajstić information content (AvgIpc) is 3.02. The molecule has 2 heterocycles. The minimum absolute atomic E-state index is 0.000455. The van der Waals surface area contributed by atoms with Crippen LogP contribution in [-0.2, 0) is 0 Å². The Morgan fingerprint density at radius 1 is 1.13 bits per heavy atom. The number of nitrogens with zero attached hydrogens (tertiary/aromatic N) is 3. The van der Waals surface area contributed by atoms with E-state index in [9.17, 15) is 9.59 Å². The number of amides is 3. The molecule has 1 aromatic heterocycles. The SMILES string of the molecule is Cc1cc(C(=O)N2CCN(C(=O)NC3CCCCC3)CC2)on1. The van der Waals surface area contributed by atoms with E-state index in [1.54, 1.807) is 22.8 Å². The van der Waals surface area contributed by atoms with E-state index in [0.717, 1.165) is 12.8 Å². The molecule has 1 aliphatic heterocycles. The summed E-state index contributed by atoms with van der Waals surface area (Å²) in [7, 11) is 0. The topological polar surface area (TPSA) is 78.7 Å². The molecule has 1 aromatic rings. The van der Waals surface area contributed by atoms with Gasteiger partial charge in [0, 0.05) is 38.3 Å². The third-order valence-corrected chi connectivity index (χ3v) is 4.63. The van der Waals surface area contributed by atoms with Crippen molar-refractivity contribution in [3.63, 3.8) is 0 Å². The lowest BCUT2D eigenvalue weighted by Gasteiger charge is -2.35. The van der Waals surface area contributed by atoms with Gasteiger partial charge in [0.15, 0.2) is 0 Å². The van der Waals surface area contributed by atoms with Crippen LogP contribution in [0, 0.1) is 6.92 Å². The second-order valence-electron chi connectivity index (χ2n) is 6.40. The summed E-state index contributed by atoms with van der Waals surface area (Å²) in [4.78, 5) is 28.1. The van der Waals surface area contributed by atoms with E-state index >= 15 is 0 Å². The summed E-state index contributed by atoms with van der Waals surface area (Å²) in [6.45, 7) is 3.94. The number of carbonyl (C=O) groups is 2. The van der Waals surface area contributed by atoms with Gasteiger partial charge in [0.1, 0.15) is 0 Å². The van der Waals surface area contributed by atoms with E-state index < -0.39 is 0 Å². The number of aromatic nitrogens is 1. The third-order valence-electron chi connectivity index (χ3n) is 4.63. The quantitative estimate of drug-likeness (QED) is 0.901. The van der Waals surface area contributed by atoms with E-state index in [2.05, 4.69) is 10.5 Å².